The predicted octanol–water partition coefficient (Wildman–Crippen LogP) is 2.19. The number of unbranched alkanes of at least 4 members (excludes halogenated alkanes) is 1. The fourth-order valence-electron chi connectivity index (χ4n) is 2.43. The van der Waals surface area contributed by atoms with Crippen LogP contribution in [-0.2, 0) is 0 Å². The van der Waals surface area contributed by atoms with Crippen molar-refractivity contribution < 1.29 is 0 Å². The summed E-state index contributed by atoms with van der Waals surface area (Å²) in [7, 11) is 5.91. The summed E-state index contributed by atoms with van der Waals surface area (Å²) in [5, 5.41) is 1.08. The zero-order valence-electron chi connectivity index (χ0n) is 11.8. The van der Waals surface area contributed by atoms with E-state index in [9.17, 15) is 0 Å². The van der Waals surface area contributed by atoms with E-state index in [1.165, 1.54) is 16.9 Å². The molecule has 3 rings (SSSR count). The van der Waals surface area contributed by atoms with Crippen LogP contribution < -0.4 is 5.46 Å². The molecule has 0 atom stereocenters. The van der Waals surface area contributed by atoms with Crippen molar-refractivity contribution in [3.63, 3.8) is 0 Å². The smallest absolute Gasteiger partial charge is 0.169 e. The maximum absolute atomic E-state index is 5.91. The van der Waals surface area contributed by atoms with Crippen molar-refractivity contribution in [3.8, 4) is 0 Å². The van der Waals surface area contributed by atoms with Gasteiger partial charge in [-0.25, -0.2) is 0 Å². The molecule has 0 aromatic heterocycles. The van der Waals surface area contributed by atoms with Crippen molar-refractivity contribution in [1.82, 2.24) is 4.90 Å². The van der Waals surface area contributed by atoms with Crippen molar-refractivity contribution in [2.24, 2.45) is 9.98 Å². The Morgan fingerprint density at radius 3 is 3.20 bits per heavy atom. The van der Waals surface area contributed by atoms with Gasteiger partial charge in [-0.05, 0) is 12.8 Å². The van der Waals surface area contributed by atoms with E-state index in [1.54, 1.807) is 11.8 Å². The zero-order chi connectivity index (χ0) is 13.9. The lowest BCUT2D eigenvalue weighted by Crippen LogP contribution is -2.42. The topological polar surface area (TPSA) is 28.0 Å². The highest BCUT2D eigenvalue weighted by Crippen LogP contribution is 2.33. The van der Waals surface area contributed by atoms with Crippen LogP contribution in [0.4, 0.5) is 0 Å². The van der Waals surface area contributed by atoms with Crippen LogP contribution in [0.1, 0.15) is 31.7 Å². The third-order valence-electron chi connectivity index (χ3n) is 3.49. The second-order valence-electron chi connectivity index (χ2n) is 5.09. The Balaban J connectivity index is 1.98. The molecule has 0 aliphatic carbocycles. The Bertz CT molecular complexity index is 568. The maximum atomic E-state index is 5.91. The van der Waals surface area contributed by atoms with Crippen LogP contribution in [-0.4, -0.2) is 43.4 Å². The van der Waals surface area contributed by atoms with Crippen LogP contribution in [0, 0.1) is 0 Å². The molecule has 0 amide bonds. The summed E-state index contributed by atoms with van der Waals surface area (Å²) in [5.41, 5.74) is 1.99. The molecule has 2 aliphatic rings. The number of fused-ring (bicyclic) bond motifs is 3. The molecule has 0 N–H and O–H groups in total. The normalized spacial score (nSPS) is 19.6. The average molecular weight is 283 g/mol. The van der Waals surface area contributed by atoms with Gasteiger partial charge in [0.15, 0.2) is 5.17 Å². The highest BCUT2D eigenvalue weighted by Gasteiger charge is 2.29. The number of hydrogen-bond donors (Lipinski definition) is 0. The molecule has 3 nitrogen and oxygen atoms in total. The molecular weight excluding hydrogens is 265 g/mol. The van der Waals surface area contributed by atoms with Crippen molar-refractivity contribution in [1.29, 1.82) is 0 Å². The highest BCUT2D eigenvalue weighted by atomic mass is 32.2. The number of amidine groups is 2. The summed E-state index contributed by atoms with van der Waals surface area (Å²) >= 11 is 1.72. The van der Waals surface area contributed by atoms with E-state index >= 15 is 0 Å². The van der Waals surface area contributed by atoms with Crippen LogP contribution in [0.2, 0.25) is 0 Å². The molecule has 2 radical (unpaired) electrons. The maximum Gasteiger partial charge on any atom is 0.169 e. The number of aliphatic imine (C=N–C) groups is 2. The number of rotatable bonds is 3. The fraction of sp³-hybridized carbons (Fsp3) is 0.467. The van der Waals surface area contributed by atoms with Crippen LogP contribution in [0.15, 0.2) is 33.1 Å². The molecule has 1 aromatic rings. The second kappa shape index (κ2) is 6.04. The van der Waals surface area contributed by atoms with Gasteiger partial charge in [-0.15, -0.1) is 0 Å². The first-order valence-corrected chi connectivity index (χ1v) is 8.05. The molecule has 102 valence electrons. The van der Waals surface area contributed by atoms with Gasteiger partial charge in [0.1, 0.15) is 13.7 Å². The van der Waals surface area contributed by atoms with Crippen molar-refractivity contribution in [2.75, 3.05) is 19.6 Å². The summed E-state index contributed by atoms with van der Waals surface area (Å²) in [6.45, 7) is 5.00. The predicted molar refractivity (Wildman–Crippen MR) is 87.6 cm³/mol. The SMILES string of the molecule is [B]c1ccc2c(c1)SC(=NCCCC)N1CCCN=C21. The molecule has 0 spiro atoms. The van der Waals surface area contributed by atoms with Crippen LogP contribution in [0.25, 0.3) is 0 Å². The second-order valence-corrected chi connectivity index (χ2v) is 6.10. The standard InChI is InChI=1S/C15H18BN3S/c1-2-3-7-18-15-19-9-4-8-17-14(19)12-6-5-11(16)10-13(12)20-15/h5-6,10H,2-4,7-9H2,1H3. The molecule has 2 aliphatic heterocycles. The summed E-state index contributed by atoms with van der Waals surface area (Å²) in [5.74, 6) is 1.07. The van der Waals surface area contributed by atoms with Gasteiger partial charge in [0.2, 0.25) is 0 Å². The van der Waals surface area contributed by atoms with E-state index in [0.29, 0.717) is 0 Å². The number of nitrogens with zero attached hydrogens (tertiary/aromatic N) is 3. The first-order valence-electron chi connectivity index (χ1n) is 7.24. The van der Waals surface area contributed by atoms with Crippen molar-refractivity contribution in [3.05, 3.63) is 23.8 Å². The van der Waals surface area contributed by atoms with E-state index in [0.717, 1.165) is 48.9 Å². The van der Waals surface area contributed by atoms with Gasteiger partial charge in [0.25, 0.3) is 0 Å². The quantitative estimate of drug-likeness (QED) is 0.628. The van der Waals surface area contributed by atoms with Crippen LogP contribution in [0.5, 0.6) is 0 Å². The van der Waals surface area contributed by atoms with Gasteiger partial charge >= 0.3 is 0 Å². The van der Waals surface area contributed by atoms with Gasteiger partial charge in [-0.1, -0.05) is 48.8 Å². The van der Waals surface area contributed by atoms with Crippen molar-refractivity contribution >= 4 is 36.1 Å². The van der Waals surface area contributed by atoms with Crippen LogP contribution >= 0.6 is 11.8 Å². The lowest BCUT2D eigenvalue weighted by atomic mass is 9.94. The Hall–Kier alpha value is -1.23. The molecule has 5 heteroatoms. The lowest BCUT2D eigenvalue weighted by molar-refractivity contribution is 0.551. The molecule has 0 fully saturated rings. The van der Waals surface area contributed by atoms with Crippen LogP contribution in [0.3, 0.4) is 0 Å². The Kier molecular flexibility index (Phi) is 4.15. The van der Waals surface area contributed by atoms with Gasteiger partial charge in [-0.2, -0.15) is 0 Å². The van der Waals surface area contributed by atoms with E-state index in [1.807, 2.05) is 12.1 Å². The highest BCUT2D eigenvalue weighted by molar-refractivity contribution is 8.14. The van der Waals surface area contributed by atoms with Gasteiger partial charge in [0, 0.05) is 30.1 Å². The van der Waals surface area contributed by atoms with E-state index in [2.05, 4.69) is 17.9 Å². The molecule has 0 saturated heterocycles. The van der Waals surface area contributed by atoms with E-state index < -0.39 is 0 Å². The van der Waals surface area contributed by atoms with Gasteiger partial charge < -0.3 is 4.90 Å². The largest absolute Gasteiger partial charge is 0.305 e. The Labute approximate surface area is 126 Å². The third-order valence-corrected chi connectivity index (χ3v) is 4.58. The first-order chi connectivity index (χ1) is 9.79. The fourth-order valence-corrected chi connectivity index (χ4v) is 3.54. The molecule has 20 heavy (non-hydrogen) atoms. The molecule has 0 unspecified atom stereocenters. The molecule has 0 bridgehead atoms. The molecule has 1 aromatic carbocycles. The van der Waals surface area contributed by atoms with E-state index in [4.69, 9.17) is 17.8 Å². The summed E-state index contributed by atoms with van der Waals surface area (Å²) in [4.78, 5) is 12.9. The number of hydrogen-bond acceptors (Lipinski definition) is 3. The average Bonchev–Trinajstić information content (AvgIpc) is 2.47. The Morgan fingerprint density at radius 1 is 1.45 bits per heavy atom. The Morgan fingerprint density at radius 2 is 2.35 bits per heavy atom. The number of thioether (sulfide) groups is 1. The first kappa shape index (κ1) is 13.7. The number of benzene rings is 1. The molecular formula is C15H18BN3S. The minimum Gasteiger partial charge on any atom is -0.305 e. The minimum atomic E-state index is 0.800. The third kappa shape index (κ3) is 2.64. The van der Waals surface area contributed by atoms with Gasteiger partial charge in [-0.3, -0.25) is 9.98 Å². The lowest BCUT2D eigenvalue weighted by Gasteiger charge is -2.35. The summed E-state index contributed by atoms with van der Waals surface area (Å²) in [6.07, 6.45) is 3.40. The molecule has 0 saturated carbocycles. The summed E-state index contributed by atoms with van der Waals surface area (Å²) < 4.78 is 0. The van der Waals surface area contributed by atoms with Crippen molar-refractivity contribution in [2.45, 2.75) is 31.1 Å². The monoisotopic (exact) mass is 283 g/mol. The zero-order valence-corrected chi connectivity index (χ0v) is 12.6. The minimum absolute atomic E-state index is 0.800. The van der Waals surface area contributed by atoms with E-state index in [-0.39, 0.29) is 0 Å². The van der Waals surface area contributed by atoms with Gasteiger partial charge in [0.05, 0.1) is 0 Å². The molecule has 2 heterocycles. The summed E-state index contributed by atoms with van der Waals surface area (Å²) in [6, 6.07) is 6.06.